The van der Waals surface area contributed by atoms with Gasteiger partial charge in [0.1, 0.15) is 0 Å². The van der Waals surface area contributed by atoms with Crippen molar-refractivity contribution in [3.8, 4) is 0 Å². The Hall–Kier alpha value is -2.96. The second-order valence-electron chi connectivity index (χ2n) is 11.6. The van der Waals surface area contributed by atoms with Gasteiger partial charge in [0.2, 0.25) is 5.91 Å². The number of halogens is 6. The van der Waals surface area contributed by atoms with Gasteiger partial charge in [-0.25, -0.2) is 8.78 Å². The predicted molar refractivity (Wildman–Crippen MR) is 156 cm³/mol. The van der Waals surface area contributed by atoms with Crippen molar-refractivity contribution in [1.29, 1.82) is 0 Å². The number of nitrogens with zero attached hydrogens (tertiary/aromatic N) is 2. The molecule has 0 spiro atoms. The van der Waals surface area contributed by atoms with Crippen molar-refractivity contribution in [2.45, 2.75) is 51.9 Å². The Morgan fingerprint density at radius 1 is 1.12 bits per heavy atom. The molecule has 236 valence electrons. The number of nitrogens with one attached hydrogen (secondary N) is 3. The van der Waals surface area contributed by atoms with Gasteiger partial charge in [0.15, 0.2) is 11.6 Å². The summed E-state index contributed by atoms with van der Waals surface area (Å²) in [4.78, 5) is 29.2. The molecule has 0 bridgehead atoms. The molecule has 13 heteroatoms. The molecule has 0 aliphatic carbocycles. The number of anilines is 2. The first-order valence-corrected chi connectivity index (χ1v) is 14.8. The third-order valence-electron chi connectivity index (χ3n) is 7.87. The van der Waals surface area contributed by atoms with Crippen molar-refractivity contribution in [2.75, 3.05) is 49.5 Å². The zero-order chi connectivity index (χ0) is 31.3. The van der Waals surface area contributed by atoms with Crippen LogP contribution in [0.2, 0.25) is 5.02 Å². The van der Waals surface area contributed by atoms with Crippen LogP contribution in [-0.4, -0.2) is 68.2 Å². The van der Waals surface area contributed by atoms with Crippen LogP contribution in [0.15, 0.2) is 30.3 Å². The molecule has 4 rings (SSSR count). The number of piperazine rings is 1. The SMILES string of the molecule is CC(C)C[C@H]1CN(c2cc(Cl)ccc2NC(=O)c2ccc(CNC(=O)[C@H]3CCNC3)c(F)c2F)CCN1CCC(F)(F)F. The highest BCUT2D eigenvalue weighted by Gasteiger charge is 2.33. The molecule has 43 heavy (non-hydrogen) atoms. The lowest BCUT2D eigenvalue weighted by molar-refractivity contribution is -0.139. The number of hydrogen-bond acceptors (Lipinski definition) is 5. The van der Waals surface area contributed by atoms with Gasteiger partial charge < -0.3 is 20.9 Å². The Morgan fingerprint density at radius 2 is 1.88 bits per heavy atom. The first-order valence-electron chi connectivity index (χ1n) is 14.4. The number of amides is 2. The fourth-order valence-corrected chi connectivity index (χ4v) is 5.78. The van der Waals surface area contributed by atoms with E-state index in [1.165, 1.54) is 12.1 Å². The molecule has 0 unspecified atom stereocenters. The molecule has 2 atom stereocenters. The van der Waals surface area contributed by atoms with E-state index in [9.17, 15) is 27.2 Å². The maximum Gasteiger partial charge on any atom is 0.390 e. The molecule has 2 heterocycles. The minimum Gasteiger partial charge on any atom is -0.367 e. The van der Waals surface area contributed by atoms with E-state index in [4.69, 9.17) is 11.6 Å². The zero-order valence-electron chi connectivity index (χ0n) is 24.2. The van der Waals surface area contributed by atoms with Gasteiger partial charge in [-0.1, -0.05) is 31.5 Å². The van der Waals surface area contributed by atoms with E-state index in [1.54, 1.807) is 18.2 Å². The highest BCUT2D eigenvalue weighted by Crippen LogP contribution is 2.33. The number of carbonyl (C=O) groups is 2. The molecule has 2 amide bonds. The number of rotatable bonds is 10. The van der Waals surface area contributed by atoms with E-state index in [-0.39, 0.29) is 42.4 Å². The number of benzene rings is 2. The average Bonchev–Trinajstić information content (AvgIpc) is 3.48. The van der Waals surface area contributed by atoms with Crippen LogP contribution < -0.4 is 20.9 Å². The summed E-state index contributed by atoms with van der Waals surface area (Å²) in [5, 5.41) is 8.72. The summed E-state index contributed by atoms with van der Waals surface area (Å²) in [6.45, 7) is 6.11. The van der Waals surface area contributed by atoms with Gasteiger partial charge in [-0.15, -0.1) is 0 Å². The van der Waals surface area contributed by atoms with E-state index in [0.717, 1.165) is 6.54 Å². The minimum absolute atomic E-state index is 0.0832. The van der Waals surface area contributed by atoms with E-state index in [0.29, 0.717) is 55.4 Å². The Balaban J connectivity index is 1.48. The molecule has 2 fully saturated rings. The van der Waals surface area contributed by atoms with Crippen molar-refractivity contribution < 1.29 is 31.5 Å². The van der Waals surface area contributed by atoms with Gasteiger partial charge in [-0.2, -0.15) is 13.2 Å². The average molecular weight is 630 g/mol. The van der Waals surface area contributed by atoms with Crippen LogP contribution in [0.25, 0.3) is 0 Å². The van der Waals surface area contributed by atoms with Crippen molar-refractivity contribution >= 4 is 34.8 Å². The normalized spacial score (nSPS) is 19.6. The smallest absolute Gasteiger partial charge is 0.367 e. The summed E-state index contributed by atoms with van der Waals surface area (Å²) < 4.78 is 68.8. The summed E-state index contributed by atoms with van der Waals surface area (Å²) in [6, 6.07) is 7.01. The Labute approximate surface area is 253 Å². The predicted octanol–water partition coefficient (Wildman–Crippen LogP) is 5.59. The first-order chi connectivity index (χ1) is 20.3. The van der Waals surface area contributed by atoms with Crippen molar-refractivity contribution in [3.63, 3.8) is 0 Å². The van der Waals surface area contributed by atoms with Crippen LogP contribution >= 0.6 is 11.6 Å². The fraction of sp³-hybridized carbons (Fsp3) is 0.533. The molecule has 2 aliphatic heterocycles. The Morgan fingerprint density at radius 3 is 2.56 bits per heavy atom. The van der Waals surface area contributed by atoms with Gasteiger partial charge in [-0.05, 0) is 49.6 Å². The number of hydrogen-bond donors (Lipinski definition) is 3. The molecule has 3 N–H and O–H groups in total. The molecule has 2 saturated heterocycles. The summed E-state index contributed by atoms with van der Waals surface area (Å²) in [5.41, 5.74) is 0.248. The van der Waals surface area contributed by atoms with Gasteiger partial charge in [0.25, 0.3) is 5.91 Å². The number of alkyl halides is 3. The van der Waals surface area contributed by atoms with E-state index < -0.39 is 35.7 Å². The molecular weight excluding hydrogens is 593 g/mol. The molecule has 7 nitrogen and oxygen atoms in total. The largest absolute Gasteiger partial charge is 0.390 e. The maximum absolute atomic E-state index is 15.1. The van der Waals surface area contributed by atoms with Crippen molar-refractivity contribution in [2.24, 2.45) is 11.8 Å². The van der Waals surface area contributed by atoms with Crippen molar-refractivity contribution in [1.82, 2.24) is 15.5 Å². The molecular formula is C30H37ClF5N5O2. The molecule has 0 radical (unpaired) electrons. The van der Waals surface area contributed by atoms with Gasteiger partial charge >= 0.3 is 6.18 Å². The van der Waals surface area contributed by atoms with Crippen LogP contribution in [0.5, 0.6) is 0 Å². The monoisotopic (exact) mass is 629 g/mol. The van der Waals surface area contributed by atoms with E-state index in [2.05, 4.69) is 16.0 Å². The Kier molecular flexibility index (Phi) is 10.9. The summed E-state index contributed by atoms with van der Waals surface area (Å²) in [6.07, 6.45) is -3.81. The van der Waals surface area contributed by atoms with Crippen LogP contribution in [0, 0.1) is 23.5 Å². The molecule has 0 aromatic heterocycles. The van der Waals surface area contributed by atoms with Crippen LogP contribution in [0.1, 0.15) is 49.0 Å². The zero-order valence-corrected chi connectivity index (χ0v) is 24.9. The second kappa shape index (κ2) is 14.2. The van der Waals surface area contributed by atoms with Crippen LogP contribution in [0.3, 0.4) is 0 Å². The maximum atomic E-state index is 15.1. The molecule has 2 aliphatic rings. The minimum atomic E-state index is -4.25. The number of carbonyl (C=O) groups excluding carboxylic acids is 2. The lowest BCUT2D eigenvalue weighted by atomic mass is 9.99. The van der Waals surface area contributed by atoms with Crippen LogP contribution in [-0.2, 0) is 11.3 Å². The lowest BCUT2D eigenvalue weighted by Crippen LogP contribution is -2.54. The van der Waals surface area contributed by atoms with Gasteiger partial charge in [0, 0.05) is 55.9 Å². The third kappa shape index (κ3) is 8.79. The third-order valence-corrected chi connectivity index (χ3v) is 8.11. The van der Waals surface area contributed by atoms with Gasteiger partial charge in [0.05, 0.1) is 29.3 Å². The standard InChI is InChI=1S/C30H37ClF5N5O2/c1-18(2)13-22-17-41(12-11-40(22)10-8-30(34,35)36)25-14-21(31)4-6-24(25)39-29(43)23-5-3-19(26(32)27(23)33)16-38-28(42)20-7-9-37-15-20/h3-6,14,18,20,22,37H,7-13,15-17H2,1-2H3,(H,38,42)(H,39,43)/t20-,22-/m0/s1. The summed E-state index contributed by atoms with van der Waals surface area (Å²) >= 11 is 6.28. The van der Waals surface area contributed by atoms with Gasteiger partial charge in [-0.3, -0.25) is 14.5 Å². The van der Waals surface area contributed by atoms with E-state index >= 15 is 4.39 Å². The first kappa shape index (κ1) is 32.9. The van der Waals surface area contributed by atoms with Crippen molar-refractivity contribution in [3.05, 3.63) is 58.1 Å². The summed E-state index contributed by atoms with van der Waals surface area (Å²) in [5.74, 6) is -3.67. The lowest BCUT2D eigenvalue weighted by Gasteiger charge is -2.43. The topological polar surface area (TPSA) is 76.7 Å². The highest BCUT2D eigenvalue weighted by atomic mass is 35.5. The second-order valence-corrected chi connectivity index (χ2v) is 12.0. The van der Waals surface area contributed by atoms with E-state index in [1.807, 2.05) is 23.6 Å². The molecule has 0 saturated carbocycles. The Bertz CT molecular complexity index is 1300. The van der Waals surface area contributed by atoms with Crippen LogP contribution in [0.4, 0.5) is 33.3 Å². The molecule has 2 aromatic rings. The summed E-state index contributed by atoms with van der Waals surface area (Å²) in [7, 11) is 0. The quantitative estimate of drug-likeness (QED) is 0.299. The molecule has 2 aromatic carbocycles. The highest BCUT2D eigenvalue weighted by molar-refractivity contribution is 6.31. The fourth-order valence-electron chi connectivity index (χ4n) is 5.61.